The summed E-state index contributed by atoms with van der Waals surface area (Å²) in [5.74, 6) is 0.284. The lowest BCUT2D eigenvalue weighted by molar-refractivity contribution is 0.102. The van der Waals surface area contributed by atoms with Crippen molar-refractivity contribution in [1.82, 2.24) is 10.5 Å². The Morgan fingerprint density at radius 2 is 1.91 bits per heavy atom. The number of nitrogens with one attached hydrogen (secondary N) is 4. The molecule has 1 fully saturated rings. The fraction of sp³-hybridized carbons (Fsp3) is 0.174. The van der Waals surface area contributed by atoms with Gasteiger partial charge < -0.3 is 15.5 Å². The summed E-state index contributed by atoms with van der Waals surface area (Å²) in [6, 6.07) is 15.2. The second-order valence-corrected chi connectivity index (χ2v) is 7.31. The molecular weight excluding hydrogens is 411 g/mol. The summed E-state index contributed by atoms with van der Waals surface area (Å²) in [5.41, 5.74) is 11.1. The highest BCUT2D eigenvalue weighted by molar-refractivity contribution is 6.05. The normalized spacial score (nSPS) is 14.0. The van der Waals surface area contributed by atoms with Gasteiger partial charge in [-0.25, -0.2) is 14.6 Å². The SMILES string of the molecule is C#N.O=C(Nc1ccc(OC2CCC2)cc1)c1cc(-c2ccc3c(n2)NNN3)ccc1F.[HH].[HH]. The predicted octanol–water partition coefficient (Wildman–Crippen LogP) is 4.96. The average molecular weight is 436 g/mol. The minimum Gasteiger partial charge on any atom is -0.490 e. The molecule has 1 saturated carbocycles. The molecule has 9 heteroatoms. The summed E-state index contributed by atoms with van der Waals surface area (Å²) in [4.78, 5) is 17.2. The van der Waals surface area contributed by atoms with Gasteiger partial charge in [-0.15, -0.1) is 5.53 Å². The van der Waals surface area contributed by atoms with Gasteiger partial charge in [0.25, 0.3) is 5.91 Å². The van der Waals surface area contributed by atoms with Crippen LogP contribution in [0.2, 0.25) is 0 Å². The standard InChI is InChI=1S/C22H20FN5O2.CHN.2H2/c23-18-9-4-13(19-10-11-20-21(25-19)27-28-26-20)12-17(18)22(29)24-14-5-7-16(8-6-14)30-15-2-1-3-15;1-2;;/h4-12,15,26,28H,1-3H2,(H,24,29)(H,25,27);1H;2*1H. The van der Waals surface area contributed by atoms with E-state index in [9.17, 15) is 9.18 Å². The fourth-order valence-corrected chi connectivity index (χ4v) is 3.33. The lowest BCUT2D eigenvalue weighted by Gasteiger charge is -2.26. The molecule has 2 aromatic carbocycles. The molecule has 166 valence electrons. The minimum atomic E-state index is -0.594. The van der Waals surface area contributed by atoms with E-state index >= 15 is 0 Å². The van der Waals surface area contributed by atoms with E-state index in [1.165, 1.54) is 18.6 Å². The zero-order chi connectivity index (χ0) is 22.5. The monoisotopic (exact) mass is 436 g/mol. The van der Waals surface area contributed by atoms with Gasteiger partial charge >= 0.3 is 0 Å². The molecule has 1 aromatic heterocycles. The Bertz CT molecular complexity index is 1160. The Balaban J connectivity index is 0.000000995. The summed E-state index contributed by atoms with van der Waals surface area (Å²) in [6.45, 7) is 3.50. The van der Waals surface area contributed by atoms with Crippen molar-refractivity contribution < 1.29 is 16.8 Å². The van der Waals surface area contributed by atoms with Crippen LogP contribution in [0.25, 0.3) is 11.3 Å². The third-order valence-corrected chi connectivity index (χ3v) is 5.25. The van der Waals surface area contributed by atoms with Gasteiger partial charge in [0.15, 0.2) is 5.82 Å². The molecule has 0 bridgehead atoms. The third-order valence-electron chi connectivity index (χ3n) is 5.25. The van der Waals surface area contributed by atoms with Gasteiger partial charge in [-0.2, -0.15) is 0 Å². The maximum absolute atomic E-state index is 14.4. The molecule has 5 rings (SSSR count). The number of nitrogens with zero attached hydrogens (tertiary/aromatic N) is 2. The van der Waals surface area contributed by atoms with Gasteiger partial charge in [0.05, 0.1) is 23.0 Å². The van der Waals surface area contributed by atoms with Crippen molar-refractivity contribution in [2.75, 3.05) is 16.2 Å². The Labute approximate surface area is 187 Å². The molecule has 3 aromatic rings. The van der Waals surface area contributed by atoms with E-state index in [-0.39, 0.29) is 14.5 Å². The van der Waals surface area contributed by atoms with Gasteiger partial charge in [0, 0.05) is 20.7 Å². The number of nitriles is 1. The summed E-state index contributed by atoms with van der Waals surface area (Å²) >= 11 is 0. The number of carbonyl (C=O) groups is 1. The Kier molecular flexibility index (Phi) is 6.14. The number of benzene rings is 2. The molecule has 1 amide bonds. The van der Waals surface area contributed by atoms with Crippen molar-refractivity contribution >= 4 is 23.1 Å². The first-order valence-electron chi connectivity index (χ1n) is 10.1. The molecule has 8 nitrogen and oxygen atoms in total. The van der Waals surface area contributed by atoms with Crippen LogP contribution in [0.1, 0.15) is 32.5 Å². The van der Waals surface area contributed by atoms with E-state index in [2.05, 4.69) is 33.3 Å². The number of pyridine rings is 1. The molecule has 0 spiro atoms. The van der Waals surface area contributed by atoms with Gasteiger partial charge in [0.2, 0.25) is 0 Å². The Morgan fingerprint density at radius 1 is 1.12 bits per heavy atom. The fourth-order valence-electron chi connectivity index (χ4n) is 3.33. The number of carbonyl (C=O) groups excluding carboxylic acids is 1. The van der Waals surface area contributed by atoms with Crippen molar-refractivity contribution in [3.8, 4) is 23.6 Å². The molecule has 1 aliphatic carbocycles. The van der Waals surface area contributed by atoms with E-state index in [1.807, 2.05) is 18.2 Å². The smallest absolute Gasteiger partial charge is 0.258 e. The molecule has 0 unspecified atom stereocenters. The Hall–Kier alpha value is -4.16. The molecule has 0 atom stereocenters. The average Bonchev–Trinajstić information content (AvgIpc) is 3.27. The zero-order valence-corrected chi connectivity index (χ0v) is 17.1. The first-order valence-corrected chi connectivity index (χ1v) is 10.1. The first kappa shape index (κ1) is 21.1. The van der Waals surface area contributed by atoms with Gasteiger partial charge in [-0.3, -0.25) is 10.2 Å². The second-order valence-electron chi connectivity index (χ2n) is 7.31. The largest absolute Gasteiger partial charge is 0.490 e. The number of amides is 1. The van der Waals surface area contributed by atoms with E-state index in [1.54, 1.807) is 24.3 Å². The molecule has 1 aliphatic heterocycles. The van der Waals surface area contributed by atoms with E-state index in [4.69, 9.17) is 10.00 Å². The van der Waals surface area contributed by atoms with Gasteiger partial charge in [-0.05, 0) is 73.9 Å². The molecular formula is C23H25FN6O2. The van der Waals surface area contributed by atoms with E-state index in [0.717, 1.165) is 24.3 Å². The number of ether oxygens (including phenoxy) is 1. The van der Waals surface area contributed by atoms with E-state index < -0.39 is 11.7 Å². The van der Waals surface area contributed by atoms with Crippen LogP contribution in [0.5, 0.6) is 5.75 Å². The molecule has 0 saturated heterocycles. The van der Waals surface area contributed by atoms with Crippen molar-refractivity contribution in [3.05, 3.63) is 66.0 Å². The molecule has 4 N–H and O–H groups in total. The van der Waals surface area contributed by atoms with E-state index in [0.29, 0.717) is 22.8 Å². The van der Waals surface area contributed by atoms with Crippen LogP contribution in [0.4, 0.5) is 21.6 Å². The van der Waals surface area contributed by atoms with Crippen LogP contribution >= 0.6 is 0 Å². The van der Waals surface area contributed by atoms with Crippen LogP contribution in [0, 0.1) is 17.7 Å². The number of hydrazine groups is 2. The number of rotatable bonds is 5. The maximum atomic E-state index is 14.4. The summed E-state index contributed by atoms with van der Waals surface area (Å²) < 4.78 is 20.2. The van der Waals surface area contributed by atoms with Crippen molar-refractivity contribution in [2.45, 2.75) is 25.4 Å². The molecule has 0 radical (unpaired) electrons. The zero-order valence-electron chi connectivity index (χ0n) is 17.1. The van der Waals surface area contributed by atoms with Gasteiger partial charge in [-0.1, -0.05) is 0 Å². The van der Waals surface area contributed by atoms with Gasteiger partial charge in [0.1, 0.15) is 11.6 Å². The van der Waals surface area contributed by atoms with Crippen LogP contribution in [-0.4, -0.2) is 17.0 Å². The quantitative estimate of drug-likeness (QED) is 0.447. The third kappa shape index (κ3) is 4.45. The number of hydrogen-bond acceptors (Lipinski definition) is 7. The minimum absolute atomic E-state index is 0. The number of anilines is 3. The lowest BCUT2D eigenvalue weighted by atomic mass is 9.96. The second kappa shape index (κ2) is 9.32. The van der Waals surface area contributed by atoms with Crippen molar-refractivity contribution in [3.63, 3.8) is 0 Å². The first-order chi connectivity index (χ1) is 15.7. The predicted molar refractivity (Wildman–Crippen MR) is 124 cm³/mol. The van der Waals surface area contributed by atoms with Crippen LogP contribution in [-0.2, 0) is 0 Å². The molecule has 32 heavy (non-hydrogen) atoms. The van der Waals surface area contributed by atoms with Crippen LogP contribution < -0.4 is 26.4 Å². The van der Waals surface area contributed by atoms with Crippen molar-refractivity contribution in [2.24, 2.45) is 0 Å². The number of fused-ring (bicyclic) bond motifs is 1. The Morgan fingerprint density at radius 3 is 2.62 bits per heavy atom. The molecule has 2 heterocycles. The van der Waals surface area contributed by atoms with Crippen molar-refractivity contribution in [1.29, 1.82) is 5.26 Å². The topological polar surface area (TPSA) is 111 Å². The highest BCUT2D eigenvalue weighted by atomic mass is 19.1. The summed E-state index contributed by atoms with van der Waals surface area (Å²) in [5, 5.41) is 9.24. The summed E-state index contributed by atoms with van der Waals surface area (Å²) in [6.07, 6.45) is 3.65. The highest BCUT2D eigenvalue weighted by Crippen LogP contribution is 2.29. The molecule has 2 aliphatic rings. The van der Waals surface area contributed by atoms with Crippen LogP contribution in [0.3, 0.4) is 0 Å². The lowest BCUT2D eigenvalue weighted by Crippen LogP contribution is -2.24. The number of halogens is 1. The number of aromatic nitrogens is 1. The number of hydrogen-bond donors (Lipinski definition) is 4. The maximum Gasteiger partial charge on any atom is 0.258 e. The van der Waals surface area contributed by atoms with Crippen LogP contribution in [0.15, 0.2) is 54.6 Å². The highest BCUT2D eigenvalue weighted by Gasteiger charge is 2.19. The summed E-state index contributed by atoms with van der Waals surface area (Å²) in [7, 11) is 0.